The number of hydrogen-bond donors (Lipinski definition) is 0. The lowest BCUT2D eigenvalue weighted by atomic mass is 10.1. The zero-order chi connectivity index (χ0) is 7.94. The first-order valence-electron chi connectivity index (χ1n) is 4.66. The van der Waals surface area contributed by atoms with Crippen molar-refractivity contribution in [1.29, 1.82) is 0 Å². The Kier molecular flexibility index (Phi) is 4.55. The van der Waals surface area contributed by atoms with Gasteiger partial charge in [0.2, 0.25) is 0 Å². The van der Waals surface area contributed by atoms with Crippen LogP contribution in [0.15, 0.2) is 0 Å². The molecule has 0 radical (unpaired) electrons. The molecule has 0 bridgehead atoms. The quantitative estimate of drug-likeness (QED) is 0.572. The molecule has 0 saturated carbocycles. The lowest BCUT2D eigenvalue weighted by Gasteiger charge is -2.07. The second kappa shape index (κ2) is 5.56. The van der Waals surface area contributed by atoms with Crippen LogP contribution in [0.2, 0.25) is 0 Å². The maximum absolute atomic E-state index is 5.31. The molecule has 11 heavy (non-hydrogen) atoms. The molecule has 0 amide bonds. The Hall–Kier alpha value is -0.0800. The molecule has 66 valence electrons. The number of ether oxygens (including phenoxy) is 2. The molecule has 1 aliphatic rings. The Labute approximate surface area is 68.9 Å². The predicted octanol–water partition coefficient (Wildman–Crippen LogP) is 2.33. The highest BCUT2D eigenvalue weighted by Gasteiger charge is 2.14. The first-order valence-corrected chi connectivity index (χ1v) is 4.66. The smallest absolute Gasteiger partial charge is 0.157 e. The van der Waals surface area contributed by atoms with Crippen molar-refractivity contribution < 1.29 is 9.47 Å². The topological polar surface area (TPSA) is 18.5 Å². The monoisotopic (exact) mass is 158 g/mol. The lowest BCUT2D eigenvalue weighted by Crippen LogP contribution is -2.06. The highest BCUT2D eigenvalue weighted by molar-refractivity contribution is 4.52. The highest BCUT2D eigenvalue weighted by atomic mass is 16.7. The van der Waals surface area contributed by atoms with Crippen molar-refractivity contribution in [2.75, 3.05) is 13.2 Å². The van der Waals surface area contributed by atoms with Crippen LogP contribution in [0, 0.1) is 0 Å². The van der Waals surface area contributed by atoms with Gasteiger partial charge < -0.3 is 9.47 Å². The summed E-state index contributed by atoms with van der Waals surface area (Å²) in [5, 5.41) is 0. The summed E-state index contributed by atoms with van der Waals surface area (Å²) in [5.74, 6) is 0. The molecule has 0 aliphatic carbocycles. The summed E-state index contributed by atoms with van der Waals surface area (Å²) < 4.78 is 10.6. The molecule has 1 aliphatic heterocycles. The third-order valence-corrected chi connectivity index (χ3v) is 1.98. The minimum Gasteiger partial charge on any atom is -0.350 e. The minimum atomic E-state index is 0.117. The molecule has 0 aromatic heterocycles. The molecular weight excluding hydrogens is 140 g/mol. The van der Waals surface area contributed by atoms with Gasteiger partial charge in [0.25, 0.3) is 0 Å². The van der Waals surface area contributed by atoms with Crippen LogP contribution in [0.4, 0.5) is 0 Å². The van der Waals surface area contributed by atoms with E-state index in [0.717, 1.165) is 19.6 Å². The first-order chi connectivity index (χ1) is 5.43. The predicted molar refractivity (Wildman–Crippen MR) is 44.5 cm³/mol. The maximum atomic E-state index is 5.31. The van der Waals surface area contributed by atoms with Crippen LogP contribution in [-0.4, -0.2) is 19.5 Å². The van der Waals surface area contributed by atoms with E-state index in [1.165, 1.54) is 25.7 Å². The Morgan fingerprint density at radius 1 is 1.09 bits per heavy atom. The molecule has 1 saturated heterocycles. The van der Waals surface area contributed by atoms with Crippen LogP contribution < -0.4 is 0 Å². The van der Waals surface area contributed by atoms with Crippen molar-refractivity contribution in [1.82, 2.24) is 0 Å². The van der Waals surface area contributed by atoms with Crippen LogP contribution in [0.5, 0.6) is 0 Å². The SMILES string of the molecule is CCCCCCC1OCCO1. The summed E-state index contributed by atoms with van der Waals surface area (Å²) >= 11 is 0. The second-order valence-corrected chi connectivity index (χ2v) is 3.02. The Balaban J connectivity index is 1.86. The number of unbranched alkanes of at least 4 members (excludes halogenated alkanes) is 3. The molecule has 0 atom stereocenters. The Morgan fingerprint density at radius 3 is 2.45 bits per heavy atom. The molecule has 2 heteroatoms. The van der Waals surface area contributed by atoms with Gasteiger partial charge in [-0.25, -0.2) is 0 Å². The Bertz CT molecular complexity index is 87.6. The van der Waals surface area contributed by atoms with E-state index in [1.807, 2.05) is 0 Å². The van der Waals surface area contributed by atoms with Gasteiger partial charge in [0.15, 0.2) is 6.29 Å². The van der Waals surface area contributed by atoms with Crippen molar-refractivity contribution in [2.45, 2.75) is 45.3 Å². The molecule has 0 aromatic rings. The normalized spacial score (nSPS) is 19.4. The zero-order valence-electron chi connectivity index (χ0n) is 7.34. The van der Waals surface area contributed by atoms with Crippen LogP contribution >= 0.6 is 0 Å². The van der Waals surface area contributed by atoms with Crippen LogP contribution in [0.25, 0.3) is 0 Å². The summed E-state index contributed by atoms with van der Waals surface area (Å²) in [7, 11) is 0. The van der Waals surface area contributed by atoms with Gasteiger partial charge in [-0.2, -0.15) is 0 Å². The molecule has 1 heterocycles. The van der Waals surface area contributed by atoms with Crippen molar-refractivity contribution in [3.8, 4) is 0 Å². The van der Waals surface area contributed by atoms with Gasteiger partial charge in [0, 0.05) is 0 Å². The average Bonchev–Trinajstić information content (AvgIpc) is 2.50. The van der Waals surface area contributed by atoms with E-state index < -0.39 is 0 Å². The van der Waals surface area contributed by atoms with E-state index in [0.29, 0.717) is 0 Å². The summed E-state index contributed by atoms with van der Waals surface area (Å²) in [5.41, 5.74) is 0. The summed E-state index contributed by atoms with van der Waals surface area (Å²) in [6.07, 6.45) is 6.41. The van der Waals surface area contributed by atoms with Gasteiger partial charge >= 0.3 is 0 Å². The van der Waals surface area contributed by atoms with E-state index in [2.05, 4.69) is 6.92 Å². The fourth-order valence-corrected chi connectivity index (χ4v) is 1.31. The average molecular weight is 158 g/mol. The van der Waals surface area contributed by atoms with Gasteiger partial charge in [0.1, 0.15) is 0 Å². The fraction of sp³-hybridized carbons (Fsp3) is 1.00. The molecule has 2 nitrogen and oxygen atoms in total. The van der Waals surface area contributed by atoms with Crippen molar-refractivity contribution in [3.63, 3.8) is 0 Å². The number of rotatable bonds is 5. The van der Waals surface area contributed by atoms with Gasteiger partial charge in [-0.1, -0.05) is 26.2 Å². The molecule has 0 aromatic carbocycles. The highest BCUT2D eigenvalue weighted by Crippen LogP contribution is 2.12. The van der Waals surface area contributed by atoms with Crippen molar-refractivity contribution in [2.24, 2.45) is 0 Å². The van der Waals surface area contributed by atoms with E-state index in [9.17, 15) is 0 Å². The number of hydrogen-bond acceptors (Lipinski definition) is 2. The van der Waals surface area contributed by atoms with E-state index in [4.69, 9.17) is 9.47 Å². The molecular formula is C9H18O2. The standard InChI is InChI=1S/C9H18O2/c1-2-3-4-5-6-9-10-7-8-11-9/h9H,2-8H2,1H3. The van der Waals surface area contributed by atoms with Crippen LogP contribution in [0.3, 0.4) is 0 Å². The zero-order valence-corrected chi connectivity index (χ0v) is 7.34. The largest absolute Gasteiger partial charge is 0.350 e. The molecule has 0 unspecified atom stereocenters. The molecule has 1 fully saturated rings. The maximum Gasteiger partial charge on any atom is 0.157 e. The summed E-state index contributed by atoms with van der Waals surface area (Å²) in [4.78, 5) is 0. The van der Waals surface area contributed by atoms with Crippen LogP contribution in [0.1, 0.15) is 39.0 Å². The third-order valence-electron chi connectivity index (χ3n) is 1.98. The summed E-state index contributed by atoms with van der Waals surface area (Å²) in [6.45, 7) is 3.81. The van der Waals surface area contributed by atoms with E-state index in [1.54, 1.807) is 0 Å². The molecule has 1 rings (SSSR count). The fourth-order valence-electron chi connectivity index (χ4n) is 1.31. The van der Waals surface area contributed by atoms with Crippen LogP contribution in [-0.2, 0) is 9.47 Å². The first kappa shape index (κ1) is 9.01. The van der Waals surface area contributed by atoms with E-state index >= 15 is 0 Å². The van der Waals surface area contributed by atoms with Gasteiger partial charge in [-0.15, -0.1) is 0 Å². The van der Waals surface area contributed by atoms with Crippen molar-refractivity contribution in [3.05, 3.63) is 0 Å². The van der Waals surface area contributed by atoms with Crippen molar-refractivity contribution >= 4 is 0 Å². The Morgan fingerprint density at radius 2 is 1.82 bits per heavy atom. The second-order valence-electron chi connectivity index (χ2n) is 3.02. The lowest BCUT2D eigenvalue weighted by molar-refractivity contribution is -0.0479. The molecule has 0 spiro atoms. The van der Waals surface area contributed by atoms with E-state index in [-0.39, 0.29) is 6.29 Å². The molecule has 0 N–H and O–H groups in total. The van der Waals surface area contributed by atoms with Gasteiger partial charge in [-0.3, -0.25) is 0 Å². The van der Waals surface area contributed by atoms with Gasteiger partial charge in [0.05, 0.1) is 13.2 Å². The minimum absolute atomic E-state index is 0.117. The van der Waals surface area contributed by atoms with Gasteiger partial charge in [-0.05, 0) is 12.8 Å². The summed E-state index contributed by atoms with van der Waals surface area (Å²) in [6, 6.07) is 0. The third kappa shape index (κ3) is 3.73.